The highest BCUT2D eigenvalue weighted by Gasteiger charge is 2.85. The molecule has 1 unspecified atom stereocenters. The third-order valence-corrected chi connectivity index (χ3v) is 12.4. The summed E-state index contributed by atoms with van der Waals surface area (Å²) in [7, 11) is 0. The number of aromatic nitrogens is 4. The van der Waals surface area contributed by atoms with Gasteiger partial charge in [0.1, 0.15) is 28.4 Å². The molecule has 268 valence electrons. The van der Waals surface area contributed by atoms with E-state index in [1.54, 1.807) is 23.0 Å². The van der Waals surface area contributed by atoms with Crippen LogP contribution in [0.2, 0.25) is 5.15 Å². The van der Waals surface area contributed by atoms with Crippen LogP contribution in [-0.4, -0.2) is 50.9 Å². The van der Waals surface area contributed by atoms with E-state index in [1.165, 1.54) is 32.1 Å². The van der Waals surface area contributed by atoms with Crippen LogP contribution in [0.3, 0.4) is 0 Å². The number of fused-ring (bicyclic) bond motifs is 1. The molecule has 0 radical (unpaired) electrons. The molecule has 1 amide bonds. The van der Waals surface area contributed by atoms with Crippen molar-refractivity contribution in [3.8, 4) is 17.4 Å². The number of carbonyl (C=O) groups excluding carboxylic acids is 1. The largest absolute Gasteiger partial charge is 0.489 e. The Morgan fingerprint density at radius 1 is 1.02 bits per heavy atom. The van der Waals surface area contributed by atoms with Crippen molar-refractivity contribution in [2.24, 2.45) is 22.7 Å². The van der Waals surface area contributed by atoms with E-state index in [4.69, 9.17) is 26.1 Å². The van der Waals surface area contributed by atoms with Crippen molar-refractivity contribution in [1.29, 1.82) is 0 Å². The Kier molecular flexibility index (Phi) is 9.39. The predicted octanol–water partition coefficient (Wildman–Crippen LogP) is 7.87. The third kappa shape index (κ3) is 7.57. The van der Waals surface area contributed by atoms with Crippen molar-refractivity contribution in [2.45, 2.75) is 82.4 Å². The van der Waals surface area contributed by atoms with Gasteiger partial charge in [-0.15, -0.1) is 5.10 Å². The summed E-state index contributed by atoms with van der Waals surface area (Å²) in [4.78, 5) is 22.5. The maximum atomic E-state index is 13.3. The van der Waals surface area contributed by atoms with Crippen LogP contribution in [0, 0.1) is 22.7 Å². The van der Waals surface area contributed by atoms with Gasteiger partial charge in [-0.2, -0.15) is 0 Å². The maximum Gasteiger partial charge on any atom is 0.264 e. The molecule has 1 aliphatic heterocycles. The SMILES string of the molecule is CC1(C)CC(CCCNc2cc(OCc3ccccc3)cc(SNC(=O)c3ccc(-n4ccc(OCCC5C6(CC6)C56CC6)n4)nc3Cl)n2)CN1. The smallest absolute Gasteiger partial charge is 0.264 e. The fraction of sp³-hybridized carbons (Fsp3) is 0.487. The van der Waals surface area contributed by atoms with Crippen LogP contribution in [0.1, 0.15) is 81.1 Å². The summed E-state index contributed by atoms with van der Waals surface area (Å²) in [6.07, 6.45) is 11.9. The molecule has 2 spiro atoms. The Morgan fingerprint density at radius 3 is 2.55 bits per heavy atom. The van der Waals surface area contributed by atoms with Crippen LogP contribution in [0.4, 0.5) is 5.82 Å². The molecule has 0 bridgehead atoms. The van der Waals surface area contributed by atoms with Crippen molar-refractivity contribution in [1.82, 2.24) is 29.8 Å². The van der Waals surface area contributed by atoms with E-state index in [0.29, 0.717) is 58.3 Å². The first kappa shape index (κ1) is 34.3. The summed E-state index contributed by atoms with van der Waals surface area (Å²) in [5.74, 6) is 3.57. The number of amides is 1. The molecule has 51 heavy (non-hydrogen) atoms. The summed E-state index contributed by atoms with van der Waals surface area (Å²) in [6, 6.07) is 19.0. The molecule has 3 N–H and O–H groups in total. The molecule has 3 saturated carbocycles. The van der Waals surface area contributed by atoms with Gasteiger partial charge in [-0.25, -0.2) is 14.6 Å². The Balaban J connectivity index is 0.860. The van der Waals surface area contributed by atoms with Gasteiger partial charge in [0.2, 0.25) is 5.88 Å². The highest BCUT2D eigenvalue weighted by atomic mass is 35.5. The molecule has 4 aromatic rings. The average Bonchev–Trinajstić information content (AvgIpc) is 4.08. The molecule has 10 nitrogen and oxygen atoms in total. The lowest BCUT2D eigenvalue weighted by Crippen LogP contribution is -2.31. The van der Waals surface area contributed by atoms with Crippen molar-refractivity contribution in [3.05, 3.63) is 83.1 Å². The molecule has 3 aromatic heterocycles. The van der Waals surface area contributed by atoms with Gasteiger partial charge in [-0.3, -0.25) is 9.52 Å². The monoisotopic (exact) mass is 727 g/mol. The maximum absolute atomic E-state index is 13.3. The Hall–Kier alpha value is -3.80. The minimum Gasteiger partial charge on any atom is -0.489 e. The molecule has 4 fully saturated rings. The lowest BCUT2D eigenvalue weighted by molar-refractivity contribution is 0.0984. The summed E-state index contributed by atoms with van der Waals surface area (Å²) in [5, 5.41) is 12.3. The fourth-order valence-corrected chi connectivity index (χ4v) is 9.43. The van der Waals surface area contributed by atoms with Crippen LogP contribution >= 0.6 is 23.5 Å². The number of anilines is 1. The zero-order chi connectivity index (χ0) is 35.1. The van der Waals surface area contributed by atoms with Crippen molar-refractivity contribution in [3.63, 3.8) is 0 Å². The zero-order valence-corrected chi connectivity index (χ0v) is 30.9. The first-order valence-corrected chi connectivity index (χ1v) is 19.4. The number of pyridine rings is 2. The Labute approximate surface area is 309 Å². The highest BCUT2D eigenvalue weighted by molar-refractivity contribution is 7.97. The first-order chi connectivity index (χ1) is 24.7. The summed E-state index contributed by atoms with van der Waals surface area (Å²) in [5.41, 5.74) is 2.91. The second-order valence-electron chi connectivity index (χ2n) is 15.3. The third-order valence-electron chi connectivity index (χ3n) is 11.4. The Bertz CT molecular complexity index is 1860. The van der Waals surface area contributed by atoms with Gasteiger partial charge in [0.25, 0.3) is 5.91 Å². The summed E-state index contributed by atoms with van der Waals surface area (Å²) < 4.78 is 16.6. The molecular weight excluding hydrogens is 682 g/mol. The number of ether oxygens (including phenoxy) is 2. The van der Waals surface area contributed by atoms with Gasteiger partial charge in [-0.1, -0.05) is 41.9 Å². The van der Waals surface area contributed by atoms with Crippen LogP contribution in [0.5, 0.6) is 11.6 Å². The van der Waals surface area contributed by atoms with Crippen molar-refractivity contribution < 1.29 is 14.3 Å². The van der Waals surface area contributed by atoms with Crippen molar-refractivity contribution in [2.75, 3.05) is 25.0 Å². The van der Waals surface area contributed by atoms with Gasteiger partial charge in [0.05, 0.1) is 12.2 Å². The lowest BCUT2D eigenvalue weighted by atomic mass is 9.94. The molecule has 4 heterocycles. The van der Waals surface area contributed by atoms with Gasteiger partial charge in [-0.05, 0) is 112 Å². The van der Waals surface area contributed by atoms with Gasteiger partial charge in [0.15, 0.2) is 5.82 Å². The first-order valence-electron chi connectivity index (χ1n) is 18.2. The average molecular weight is 728 g/mol. The van der Waals surface area contributed by atoms with Crippen LogP contribution in [0.25, 0.3) is 5.82 Å². The van der Waals surface area contributed by atoms with Gasteiger partial charge >= 0.3 is 0 Å². The molecular formula is C39H46ClN7O3S. The predicted molar refractivity (Wildman–Crippen MR) is 200 cm³/mol. The number of hydrogen-bond acceptors (Lipinski definition) is 9. The second kappa shape index (κ2) is 14.0. The van der Waals surface area contributed by atoms with Gasteiger partial charge in [0, 0.05) is 48.4 Å². The number of nitrogens with one attached hydrogen (secondary N) is 3. The molecule has 8 rings (SSSR count). The molecule has 12 heteroatoms. The quantitative estimate of drug-likeness (QED) is 0.0603. The van der Waals surface area contributed by atoms with Gasteiger partial charge < -0.3 is 20.1 Å². The van der Waals surface area contributed by atoms with Crippen LogP contribution < -0.4 is 24.8 Å². The minimum absolute atomic E-state index is 0.0814. The molecule has 1 saturated heterocycles. The number of hydrogen-bond donors (Lipinski definition) is 3. The molecule has 3 aliphatic carbocycles. The van der Waals surface area contributed by atoms with E-state index in [1.807, 2.05) is 48.5 Å². The highest BCUT2D eigenvalue weighted by Crippen LogP contribution is 2.93. The normalized spacial score (nSPS) is 20.3. The summed E-state index contributed by atoms with van der Waals surface area (Å²) >= 11 is 7.64. The Morgan fingerprint density at radius 2 is 1.82 bits per heavy atom. The van der Waals surface area contributed by atoms with Crippen LogP contribution in [-0.2, 0) is 6.61 Å². The van der Waals surface area contributed by atoms with E-state index in [0.717, 1.165) is 55.8 Å². The topological polar surface area (TPSA) is 115 Å². The standard InChI is InChI=1S/C39H46ClN7O3S/c1-37(2)23-27(24-42-37)9-6-18-41-31-21-28(50-25-26-7-4-3-5-8-26)22-34(43-31)51-46-36(48)29-10-11-32(44-35(29)40)47-19-12-33(45-47)49-20-13-30-38(14-15-38)39(30)16-17-39/h3-5,7-8,10-12,19,21-22,27,30,42H,6,9,13-18,20,23-25H2,1-2H3,(H,41,43)(H,46,48). The fourth-order valence-electron chi connectivity index (χ4n) is 8.57. The van der Waals surface area contributed by atoms with E-state index in [-0.39, 0.29) is 22.2 Å². The lowest BCUT2D eigenvalue weighted by Gasteiger charge is -2.17. The molecule has 1 atom stereocenters. The van der Waals surface area contributed by atoms with E-state index in [2.05, 4.69) is 39.3 Å². The number of carbonyl (C=O) groups is 1. The molecule has 1 aromatic carbocycles. The minimum atomic E-state index is -0.379. The number of rotatable bonds is 16. The summed E-state index contributed by atoms with van der Waals surface area (Å²) in [6.45, 7) is 7.49. The zero-order valence-electron chi connectivity index (χ0n) is 29.3. The number of benzene rings is 1. The number of halogens is 1. The number of nitrogens with zero attached hydrogens (tertiary/aromatic N) is 4. The van der Waals surface area contributed by atoms with E-state index in [9.17, 15) is 4.79 Å². The van der Waals surface area contributed by atoms with Crippen molar-refractivity contribution >= 4 is 35.3 Å². The molecule has 4 aliphatic rings. The van der Waals surface area contributed by atoms with Crippen LogP contribution in [0.15, 0.2) is 71.9 Å². The second-order valence-corrected chi connectivity index (χ2v) is 16.5. The van der Waals surface area contributed by atoms with E-state index < -0.39 is 0 Å². The van der Waals surface area contributed by atoms with E-state index >= 15 is 0 Å².